The molecule has 1 aromatic carbocycles. The van der Waals surface area contributed by atoms with Crippen molar-refractivity contribution >= 4 is 15.9 Å². The second-order valence-corrected chi connectivity index (χ2v) is 7.04. The smallest absolute Gasteiger partial charge is 0.246 e. The summed E-state index contributed by atoms with van der Waals surface area (Å²) in [5.41, 5.74) is 2.26. The fourth-order valence-electron chi connectivity index (χ4n) is 2.34. The van der Waals surface area contributed by atoms with E-state index in [2.05, 4.69) is 10.1 Å². The highest BCUT2D eigenvalue weighted by Gasteiger charge is 2.26. The standard InChI is InChI=1S/C14H20N2O4S/c1-20-11-14(17)15-7-9-21(18,19)16-8-6-12-4-2-3-5-13(12)10-16/h2-5H,6-11H2,1H3,(H,15,17). The van der Waals surface area contributed by atoms with Gasteiger partial charge < -0.3 is 10.1 Å². The zero-order valence-corrected chi connectivity index (χ0v) is 12.9. The van der Waals surface area contributed by atoms with Gasteiger partial charge >= 0.3 is 0 Å². The predicted molar refractivity (Wildman–Crippen MR) is 79.2 cm³/mol. The Morgan fingerprint density at radius 3 is 2.76 bits per heavy atom. The van der Waals surface area contributed by atoms with Crippen LogP contribution in [0.25, 0.3) is 0 Å². The lowest BCUT2D eigenvalue weighted by atomic mass is 10.0. The number of carbonyl (C=O) groups excluding carboxylic acids is 1. The van der Waals surface area contributed by atoms with Crippen LogP contribution < -0.4 is 5.32 Å². The maximum absolute atomic E-state index is 12.3. The van der Waals surface area contributed by atoms with Gasteiger partial charge in [0, 0.05) is 26.7 Å². The van der Waals surface area contributed by atoms with Crippen LogP contribution in [0.4, 0.5) is 0 Å². The summed E-state index contributed by atoms with van der Waals surface area (Å²) in [7, 11) is -1.94. The summed E-state index contributed by atoms with van der Waals surface area (Å²) in [5, 5.41) is 2.53. The van der Waals surface area contributed by atoms with Gasteiger partial charge in [0.25, 0.3) is 0 Å². The fraction of sp³-hybridized carbons (Fsp3) is 0.500. The van der Waals surface area contributed by atoms with E-state index < -0.39 is 10.0 Å². The number of nitrogens with one attached hydrogen (secondary N) is 1. The number of methoxy groups -OCH3 is 1. The minimum Gasteiger partial charge on any atom is -0.375 e. The molecule has 0 aromatic heterocycles. The Balaban J connectivity index is 1.91. The maximum atomic E-state index is 12.3. The van der Waals surface area contributed by atoms with Gasteiger partial charge in [0.2, 0.25) is 15.9 Å². The predicted octanol–water partition coefficient (Wildman–Crippen LogP) is 0.137. The average molecular weight is 312 g/mol. The van der Waals surface area contributed by atoms with E-state index >= 15 is 0 Å². The highest BCUT2D eigenvalue weighted by molar-refractivity contribution is 7.89. The van der Waals surface area contributed by atoms with Crippen molar-refractivity contribution in [1.29, 1.82) is 0 Å². The molecule has 2 rings (SSSR count). The number of benzene rings is 1. The monoisotopic (exact) mass is 312 g/mol. The minimum absolute atomic E-state index is 0.0584. The molecule has 1 N–H and O–H groups in total. The molecule has 0 fully saturated rings. The quantitative estimate of drug-likeness (QED) is 0.810. The zero-order chi connectivity index (χ0) is 15.3. The number of nitrogens with zero attached hydrogens (tertiary/aromatic N) is 1. The third-order valence-corrected chi connectivity index (χ3v) is 5.27. The van der Waals surface area contributed by atoms with E-state index in [4.69, 9.17) is 0 Å². The molecule has 0 saturated heterocycles. The van der Waals surface area contributed by atoms with E-state index in [1.165, 1.54) is 17.0 Å². The van der Waals surface area contributed by atoms with Gasteiger partial charge in [-0.3, -0.25) is 4.79 Å². The van der Waals surface area contributed by atoms with Crippen LogP contribution in [0.15, 0.2) is 24.3 Å². The Morgan fingerprint density at radius 2 is 2.05 bits per heavy atom. The van der Waals surface area contributed by atoms with Crippen LogP contribution in [0.2, 0.25) is 0 Å². The van der Waals surface area contributed by atoms with Gasteiger partial charge in [-0.25, -0.2) is 8.42 Å². The Kier molecular flexibility index (Phi) is 5.33. The molecule has 1 heterocycles. The summed E-state index contributed by atoms with van der Waals surface area (Å²) in [6.45, 7) is 0.940. The molecule has 1 aliphatic heterocycles. The van der Waals surface area contributed by atoms with E-state index in [0.717, 1.165) is 12.0 Å². The van der Waals surface area contributed by atoms with E-state index in [0.29, 0.717) is 13.1 Å². The van der Waals surface area contributed by atoms with E-state index in [-0.39, 0.29) is 24.8 Å². The summed E-state index contributed by atoms with van der Waals surface area (Å²) in [4.78, 5) is 11.2. The molecule has 1 aromatic rings. The summed E-state index contributed by atoms with van der Waals surface area (Å²) in [6, 6.07) is 7.87. The van der Waals surface area contributed by atoms with Crippen molar-refractivity contribution in [3.8, 4) is 0 Å². The lowest BCUT2D eigenvalue weighted by molar-refractivity contribution is -0.124. The van der Waals surface area contributed by atoms with Crippen LogP contribution >= 0.6 is 0 Å². The molecule has 0 atom stereocenters. The fourth-order valence-corrected chi connectivity index (χ4v) is 3.66. The number of rotatable bonds is 6. The first-order valence-corrected chi connectivity index (χ1v) is 8.44. The molecule has 1 amide bonds. The number of sulfonamides is 1. The Hall–Kier alpha value is -1.44. The van der Waals surface area contributed by atoms with Crippen LogP contribution in [0.3, 0.4) is 0 Å². The number of fused-ring (bicyclic) bond motifs is 1. The number of amides is 1. The van der Waals surface area contributed by atoms with E-state index in [9.17, 15) is 13.2 Å². The number of ether oxygens (including phenoxy) is 1. The van der Waals surface area contributed by atoms with Gasteiger partial charge in [-0.2, -0.15) is 4.31 Å². The van der Waals surface area contributed by atoms with Gasteiger partial charge in [0.05, 0.1) is 5.75 Å². The van der Waals surface area contributed by atoms with Crippen LogP contribution in [0, 0.1) is 0 Å². The van der Waals surface area contributed by atoms with Gasteiger partial charge in [0.15, 0.2) is 0 Å². The second-order valence-electron chi connectivity index (χ2n) is 4.95. The number of carbonyl (C=O) groups is 1. The summed E-state index contributed by atoms with van der Waals surface area (Å²) in [5.74, 6) is -0.401. The number of hydrogen-bond donors (Lipinski definition) is 1. The van der Waals surface area contributed by atoms with Gasteiger partial charge in [-0.15, -0.1) is 0 Å². The van der Waals surface area contributed by atoms with Crippen molar-refractivity contribution in [1.82, 2.24) is 9.62 Å². The Morgan fingerprint density at radius 1 is 1.33 bits per heavy atom. The minimum atomic E-state index is -3.36. The molecule has 6 nitrogen and oxygen atoms in total. The Labute approximate surface area is 125 Å². The molecule has 0 spiro atoms. The molecular formula is C14H20N2O4S. The van der Waals surface area contributed by atoms with Crippen LogP contribution in [0.5, 0.6) is 0 Å². The first kappa shape index (κ1) is 15.9. The van der Waals surface area contributed by atoms with Gasteiger partial charge in [-0.05, 0) is 17.5 Å². The molecule has 0 aliphatic carbocycles. The molecule has 0 unspecified atom stereocenters. The molecule has 116 valence electrons. The van der Waals surface area contributed by atoms with Gasteiger partial charge in [0.1, 0.15) is 6.61 Å². The molecule has 0 bridgehead atoms. The third-order valence-electron chi connectivity index (χ3n) is 3.45. The zero-order valence-electron chi connectivity index (χ0n) is 12.0. The molecule has 7 heteroatoms. The lowest BCUT2D eigenvalue weighted by Crippen LogP contribution is -2.40. The van der Waals surface area contributed by atoms with Crippen LogP contribution in [0.1, 0.15) is 11.1 Å². The van der Waals surface area contributed by atoms with Crippen molar-refractivity contribution in [2.75, 3.05) is 32.6 Å². The Bertz CT molecular complexity index is 601. The summed E-state index contributed by atoms with van der Waals surface area (Å²) in [6.07, 6.45) is 0.728. The number of hydrogen-bond acceptors (Lipinski definition) is 4. The van der Waals surface area contributed by atoms with Crippen molar-refractivity contribution in [2.24, 2.45) is 0 Å². The first-order valence-electron chi connectivity index (χ1n) is 6.83. The normalized spacial score (nSPS) is 15.5. The van der Waals surface area contributed by atoms with Crippen LogP contribution in [-0.4, -0.2) is 51.2 Å². The molecule has 0 radical (unpaired) electrons. The SMILES string of the molecule is COCC(=O)NCCS(=O)(=O)N1CCc2ccccc2C1. The largest absolute Gasteiger partial charge is 0.375 e. The van der Waals surface area contributed by atoms with Crippen LogP contribution in [-0.2, 0) is 32.5 Å². The molecular weight excluding hydrogens is 292 g/mol. The summed E-state index contributed by atoms with van der Waals surface area (Å²) >= 11 is 0. The van der Waals surface area contributed by atoms with Crippen molar-refractivity contribution in [2.45, 2.75) is 13.0 Å². The lowest BCUT2D eigenvalue weighted by Gasteiger charge is -2.28. The highest BCUT2D eigenvalue weighted by atomic mass is 32.2. The van der Waals surface area contributed by atoms with E-state index in [1.807, 2.05) is 24.3 Å². The molecule has 1 aliphatic rings. The third kappa shape index (κ3) is 4.26. The average Bonchev–Trinajstić information content (AvgIpc) is 2.47. The van der Waals surface area contributed by atoms with E-state index in [1.54, 1.807) is 0 Å². The van der Waals surface area contributed by atoms with Crippen molar-refractivity contribution in [3.05, 3.63) is 35.4 Å². The summed E-state index contributed by atoms with van der Waals surface area (Å²) < 4.78 is 30.7. The second kappa shape index (κ2) is 7.02. The first-order chi connectivity index (χ1) is 10.0. The van der Waals surface area contributed by atoms with Crippen molar-refractivity contribution < 1.29 is 17.9 Å². The van der Waals surface area contributed by atoms with Crippen molar-refractivity contribution in [3.63, 3.8) is 0 Å². The maximum Gasteiger partial charge on any atom is 0.246 e. The molecule has 0 saturated carbocycles. The topological polar surface area (TPSA) is 75.7 Å². The van der Waals surface area contributed by atoms with Gasteiger partial charge in [-0.1, -0.05) is 24.3 Å². The molecule has 21 heavy (non-hydrogen) atoms. The highest BCUT2D eigenvalue weighted by Crippen LogP contribution is 2.20.